The van der Waals surface area contributed by atoms with Crippen LogP contribution >= 0.6 is 11.3 Å². The first-order valence-electron chi connectivity index (χ1n) is 7.17. The second kappa shape index (κ2) is 6.12. The summed E-state index contributed by atoms with van der Waals surface area (Å²) in [5, 5.41) is 8.35. The summed E-state index contributed by atoms with van der Waals surface area (Å²) in [4.78, 5) is 16.6. The Morgan fingerprint density at radius 2 is 2.05 bits per heavy atom. The molecule has 1 amide bonds. The fourth-order valence-electron chi connectivity index (χ4n) is 2.12. The van der Waals surface area contributed by atoms with Crippen LogP contribution in [0.25, 0.3) is 10.2 Å². The van der Waals surface area contributed by atoms with E-state index in [1.54, 1.807) is 11.3 Å². The van der Waals surface area contributed by atoms with E-state index in [4.69, 9.17) is 0 Å². The van der Waals surface area contributed by atoms with E-state index >= 15 is 0 Å². The standard InChI is InChI=1S/C16H23N3OS/c1-10(18-11(2)15(20)19-16(3,4)5)12-8-14-13(17-9-12)6-7-21-14/h6-11,18H,1-5H3,(H,19,20). The number of nitrogens with one attached hydrogen (secondary N) is 2. The van der Waals surface area contributed by atoms with Crippen LogP contribution in [0.3, 0.4) is 0 Å². The van der Waals surface area contributed by atoms with Crippen LogP contribution in [-0.2, 0) is 4.79 Å². The molecule has 0 saturated carbocycles. The molecule has 2 aromatic rings. The monoisotopic (exact) mass is 305 g/mol. The maximum atomic E-state index is 12.1. The van der Waals surface area contributed by atoms with Crippen molar-refractivity contribution < 1.29 is 4.79 Å². The summed E-state index contributed by atoms with van der Waals surface area (Å²) in [5.41, 5.74) is 1.91. The molecule has 0 radical (unpaired) electrons. The second-order valence-corrected chi connectivity index (χ2v) is 7.37. The van der Waals surface area contributed by atoms with Crippen LogP contribution in [0.15, 0.2) is 23.7 Å². The lowest BCUT2D eigenvalue weighted by Gasteiger charge is -2.25. The first-order valence-corrected chi connectivity index (χ1v) is 8.05. The molecule has 2 rings (SSSR count). The number of carbonyl (C=O) groups is 1. The number of rotatable bonds is 4. The highest BCUT2D eigenvalue weighted by Crippen LogP contribution is 2.22. The largest absolute Gasteiger partial charge is 0.350 e. The van der Waals surface area contributed by atoms with Gasteiger partial charge in [-0.3, -0.25) is 15.1 Å². The Kier molecular flexibility index (Phi) is 4.64. The van der Waals surface area contributed by atoms with E-state index in [1.807, 2.05) is 45.3 Å². The normalized spacial score (nSPS) is 14.9. The van der Waals surface area contributed by atoms with Gasteiger partial charge in [0, 0.05) is 17.8 Å². The Labute approximate surface area is 130 Å². The van der Waals surface area contributed by atoms with Gasteiger partial charge in [-0.2, -0.15) is 0 Å². The summed E-state index contributed by atoms with van der Waals surface area (Å²) in [7, 11) is 0. The van der Waals surface area contributed by atoms with Gasteiger partial charge in [0.15, 0.2) is 0 Å². The van der Waals surface area contributed by atoms with Crippen molar-refractivity contribution in [1.29, 1.82) is 0 Å². The number of fused-ring (bicyclic) bond motifs is 1. The van der Waals surface area contributed by atoms with Crippen molar-refractivity contribution >= 4 is 27.5 Å². The Hall–Kier alpha value is -1.46. The van der Waals surface area contributed by atoms with Crippen molar-refractivity contribution in [2.45, 2.75) is 52.2 Å². The van der Waals surface area contributed by atoms with Crippen molar-refractivity contribution in [3.05, 3.63) is 29.3 Å². The van der Waals surface area contributed by atoms with Crippen LogP contribution in [-0.4, -0.2) is 22.5 Å². The quantitative estimate of drug-likeness (QED) is 0.911. The molecule has 4 nitrogen and oxygen atoms in total. The van der Waals surface area contributed by atoms with Gasteiger partial charge in [-0.15, -0.1) is 11.3 Å². The lowest BCUT2D eigenvalue weighted by molar-refractivity contribution is -0.124. The molecule has 0 aliphatic heterocycles. The summed E-state index contributed by atoms with van der Waals surface area (Å²) in [6.07, 6.45) is 1.88. The van der Waals surface area contributed by atoms with Gasteiger partial charge >= 0.3 is 0 Å². The van der Waals surface area contributed by atoms with Crippen molar-refractivity contribution in [2.24, 2.45) is 0 Å². The molecule has 0 aliphatic carbocycles. The molecule has 0 bridgehead atoms. The number of pyridine rings is 1. The molecule has 21 heavy (non-hydrogen) atoms. The minimum atomic E-state index is -0.252. The molecule has 5 heteroatoms. The van der Waals surface area contributed by atoms with Crippen molar-refractivity contribution in [1.82, 2.24) is 15.6 Å². The van der Waals surface area contributed by atoms with Crippen LogP contribution in [0.1, 0.15) is 46.2 Å². The van der Waals surface area contributed by atoms with E-state index < -0.39 is 0 Å². The van der Waals surface area contributed by atoms with Crippen LogP contribution < -0.4 is 10.6 Å². The molecule has 2 aromatic heterocycles. The van der Waals surface area contributed by atoms with E-state index in [-0.39, 0.29) is 23.5 Å². The van der Waals surface area contributed by atoms with Gasteiger partial charge in [0.05, 0.1) is 16.3 Å². The molecule has 2 unspecified atom stereocenters. The molecular formula is C16H23N3OS. The Bertz CT molecular complexity index is 630. The molecule has 0 aliphatic rings. The predicted molar refractivity (Wildman–Crippen MR) is 88.5 cm³/mol. The fraction of sp³-hybridized carbons (Fsp3) is 0.500. The van der Waals surface area contributed by atoms with E-state index in [9.17, 15) is 4.79 Å². The van der Waals surface area contributed by atoms with Crippen LogP contribution in [0.2, 0.25) is 0 Å². The maximum Gasteiger partial charge on any atom is 0.237 e. The first-order chi connectivity index (χ1) is 9.76. The Balaban J connectivity index is 2.02. The van der Waals surface area contributed by atoms with Gasteiger partial charge in [0.1, 0.15) is 0 Å². The van der Waals surface area contributed by atoms with Gasteiger partial charge in [0.25, 0.3) is 0 Å². The molecule has 0 saturated heterocycles. The SMILES string of the molecule is CC(NC(C)c1cnc2ccsc2c1)C(=O)NC(C)(C)C. The van der Waals surface area contributed by atoms with Crippen molar-refractivity contribution in [3.63, 3.8) is 0 Å². The summed E-state index contributed by atoms with van der Waals surface area (Å²) in [6, 6.07) is 3.98. The van der Waals surface area contributed by atoms with Crippen LogP contribution in [0.5, 0.6) is 0 Å². The average Bonchev–Trinajstić information content (AvgIpc) is 2.83. The zero-order valence-electron chi connectivity index (χ0n) is 13.2. The third kappa shape index (κ3) is 4.25. The highest BCUT2D eigenvalue weighted by molar-refractivity contribution is 7.17. The third-order valence-corrected chi connectivity index (χ3v) is 4.07. The smallest absolute Gasteiger partial charge is 0.237 e. The Morgan fingerprint density at radius 1 is 1.33 bits per heavy atom. The molecule has 2 atom stereocenters. The first kappa shape index (κ1) is 15.9. The summed E-state index contributed by atoms with van der Waals surface area (Å²) in [6.45, 7) is 9.88. The number of hydrogen-bond acceptors (Lipinski definition) is 4. The maximum absolute atomic E-state index is 12.1. The molecule has 114 valence electrons. The summed E-state index contributed by atoms with van der Waals surface area (Å²) < 4.78 is 1.17. The van der Waals surface area contributed by atoms with Crippen LogP contribution in [0, 0.1) is 0 Å². The molecule has 0 fully saturated rings. The summed E-state index contributed by atoms with van der Waals surface area (Å²) in [5.74, 6) is 0.0134. The number of nitrogens with zero attached hydrogens (tertiary/aromatic N) is 1. The van der Waals surface area contributed by atoms with Gasteiger partial charge in [-0.1, -0.05) is 0 Å². The van der Waals surface area contributed by atoms with Gasteiger partial charge in [-0.25, -0.2) is 0 Å². The van der Waals surface area contributed by atoms with Gasteiger partial charge in [-0.05, 0) is 57.7 Å². The highest BCUT2D eigenvalue weighted by atomic mass is 32.1. The molecule has 2 heterocycles. The average molecular weight is 305 g/mol. The van der Waals surface area contributed by atoms with E-state index in [0.29, 0.717) is 0 Å². The molecule has 2 N–H and O–H groups in total. The topological polar surface area (TPSA) is 54.0 Å². The van der Waals surface area contributed by atoms with Crippen molar-refractivity contribution in [2.75, 3.05) is 0 Å². The van der Waals surface area contributed by atoms with Gasteiger partial charge < -0.3 is 5.32 Å². The lowest BCUT2D eigenvalue weighted by Crippen LogP contribution is -2.49. The summed E-state index contributed by atoms with van der Waals surface area (Å²) >= 11 is 1.68. The van der Waals surface area contributed by atoms with E-state index in [1.165, 1.54) is 4.70 Å². The Morgan fingerprint density at radius 3 is 2.71 bits per heavy atom. The number of hydrogen-bond donors (Lipinski definition) is 2. The highest BCUT2D eigenvalue weighted by Gasteiger charge is 2.21. The van der Waals surface area contributed by atoms with Crippen molar-refractivity contribution in [3.8, 4) is 0 Å². The minimum Gasteiger partial charge on any atom is -0.350 e. The lowest BCUT2D eigenvalue weighted by atomic mass is 10.1. The van der Waals surface area contributed by atoms with Gasteiger partial charge in [0.2, 0.25) is 5.91 Å². The molecule has 0 aromatic carbocycles. The van der Waals surface area contributed by atoms with E-state index in [2.05, 4.69) is 28.6 Å². The predicted octanol–water partition coefficient (Wildman–Crippen LogP) is 3.25. The second-order valence-electron chi connectivity index (χ2n) is 6.42. The third-order valence-electron chi connectivity index (χ3n) is 3.22. The number of thiophene rings is 1. The van der Waals surface area contributed by atoms with E-state index in [0.717, 1.165) is 11.1 Å². The fourth-order valence-corrected chi connectivity index (χ4v) is 2.91. The molecule has 0 spiro atoms. The van der Waals surface area contributed by atoms with Crippen LogP contribution in [0.4, 0.5) is 0 Å². The number of amides is 1. The zero-order valence-corrected chi connectivity index (χ0v) is 14.0. The zero-order chi connectivity index (χ0) is 15.6. The minimum absolute atomic E-state index is 0.0134. The number of carbonyl (C=O) groups excluding carboxylic acids is 1. The number of aromatic nitrogens is 1. The molecular weight excluding hydrogens is 282 g/mol.